The Morgan fingerprint density at radius 2 is 2.04 bits per heavy atom. The van der Waals surface area contributed by atoms with Crippen LogP contribution < -0.4 is 10.6 Å². The van der Waals surface area contributed by atoms with Gasteiger partial charge in [-0.3, -0.25) is 24.1 Å². The molecule has 0 atom stereocenters. The third-order valence-corrected chi connectivity index (χ3v) is 4.11. The molecular formula is C16H17N3O6S. The minimum Gasteiger partial charge on any atom is -0.452 e. The van der Waals surface area contributed by atoms with Gasteiger partial charge in [0, 0.05) is 25.7 Å². The molecular weight excluding hydrogens is 362 g/mol. The van der Waals surface area contributed by atoms with Gasteiger partial charge in [-0.25, -0.2) is 4.79 Å². The largest absolute Gasteiger partial charge is 0.452 e. The van der Waals surface area contributed by atoms with Crippen LogP contribution in [-0.4, -0.2) is 59.3 Å². The third kappa shape index (κ3) is 5.59. The zero-order valence-electron chi connectivity index (χ0n) is 13.9. The summed E-state index contributed by atoms with van der Waals surface area (Å²) in [6, 6.07) is 6.12. The highest BCUT2D eigenvalue weighted by Gasteiger charge is 2.29. The van der Waals surface area contributed by atoms with E-state index in [-0.39, 0.29) is 41.5 Å². The Labute approximate surface area is 153 Å². The molecule has 1 fully saturated rings. The maximum atomic E-state index is 11.9. The smallest absolute Gasteiger partial charge is 0.338 e. The van der Waals surface area contributed by atoms with Crippen LogP contribution in [0.15, 0.2) is 24.3 Å². The van der Waals surface area contributed by atoms with Crippen LogP contribution in [0.5, 0.6) is 0 Å². The van der Waals surface area contributed by atoms with Crippen LogP contribution in [0, 0.1) is 0 Å². The van der Waals surface area contributed by atoms with Crippen LogP contribution in [0.25, 0.3) is 0 Å². The van der Waals surface area contributed by atoms with Gasteiger partial charge in [-0.2, -0.15) is 0 Å². The molecule has 0 aromatic heterocycles. The predicted molar refractivity (Wildman–Crippen MR) is 93.6 cm³/mol. The van der Waals surface area contributed by atoms with Crippen LogP contribution >= 0.6 is 11.8 Å². The summed E-state index contributed by atoms with van der Waals surface area (Å²) in [7, 11) is 0. The summed E-state index contributed by atoms with van der Waals surface area (Å²) in [6.07, 6.45) is 0. The molecule has 1 aromatic carbocycles. The van der Waals surface area contributed by atoms with E-state index in [0.717, 1.165) is 16.7 Å². The van der Waals surface area contributed by atoms with Gasteiger partial charge in [0.25, 0.3) is 11.1 Å². The van der Waals surface area contributed by atoms with Crippen molar-refractivity contribution in [1.82, 2.24) is 10.2 Å². The van der Waals surface area contributed by atoms with Gasteiger partial charge in [0.15, 0.2) is 6.61 Å². The van der Waals surface area contributed by atoms with Crippen molar-refractivity contribution >= 4 is 46.4 Å². The molecule has 0 unspecified atom stereocenters. The summed E-state index contributed by atoms with van der Waals surface area (Å²) in [5.41, 5.74) is 0.628. The molecule has 0 spiro atoms. The van der Waals surface area contributed by atoms with E-state index in [1.54, 1.807) is 12.1 Å². The molecule has 1 aliphatic rings. The second-order valence-electron chi connectivity index (χ2n) is 5.29. The Kier molecular flexibility index (Phi) is 6.73. The first-order chi connectivity index (χ1) is 12.4. The van der Waals surface area contributed by atoms with Crippen LogP contribution in [-0.2, 0) is 19.1 Å². The van der Waals surface area contributed by atoms with Crippen molar-refractivity contribution in [3.8, 4) is 0 Å². The van der Waals surface area contributed by atoms with E-state index < -0.39 is 18.5 Å². The topological polar surface area (TPSA) is 122 Å². The Bertz CT molecular complexity index is 735. The summed E-state index contributed by atoms with van der Waals surface area (Å²) in [6.45, 7) is 0.993. The number of rotatable bonds is 7. The lowest BCUT2D eigenvalue weighted by atomic mass is 10.2. The number of nitrogens with zero attached hydrogens (tertiary/aromatic N) is 1. The molecule has 0 saturated carbocycles. The Hall–Kier alpha value is -2.88. The third-order valence-electron chi connectivity index (χ3n) is 3.25. The van der Waals surface area contributed by atoms with E-state index in [9.17, 15) is 24.0 Å². The van der Waals surface area contributed by atoms with Crippen LogP contribution in [0.2, 0.25) is 0 Å². The molecule has 0 radical (unpaired) electrons. The maximum Gasteiger partial charge on any atom is 0.338 e. The zero-order chi connectivity index (χ0) is 19.1. The monoisotopic (exact) mass is 379 g/mol. The first kappa shape index (κ1) is 19.4. The Morgan fingerprint density at radius 3 is 2.69 bits per heavy atom. The number of benzene rings is 1. The number of ether oxygens (including phenoxy) is 1. The van der Waals surface area contributed by atoms with Crippen molar-refractivity contribution in [2.24, 2.45) is 0 Å². The minimum absolute atomic E-state index is 0.0725. The van der Waals surface area contributed by atoms with Gasteiger partial charge in [0.1, 0.15) is 0 Å². The summed E-state index contributed by atoms with van der Waals surface area (Å²) in [5.74, 6) is -1.72. The van der Waals surface area contributed by atoms with Crippen molar-refractivity contribution in [2.45, 2.75) is 6.92 Å². The molecule has 26 heavy (non-hydrogen) atoms. The summed E-state index contributed by atoms with van der Waals surface area (Å²) >= 11 is 0.918. The number of hydrogen-bond donors (Lipinski definition) is 2. The number of nitrogens with one attached hydrogen (secondary N) is 2. The number of esters is 1. The first-order valence-electron chi connectivity index (χ1n) is 7.65. The molecule has 9 nitrogen and oxygen atoms in total. The second-order valence-corrected chi connectivity index (χ2v) is 6.21. The molecule has 2 N–H and O–H groups in total. The molecule has 1 heterocycles. The molecule has 138 valence electrons. The number of thioether (sulfide) groups is 1. The van der Waals surface area contributed by atoms with E-state index in [1.165, 1.54) is 19.1 Å². The molecule has 0 aliphatic carbocycles. The number of carbonyl (C=O) groups excluding carboxylic acids is 5. The first-order valence-corrected chi connectivity index (χ1v) is 8.64. The van der Waals surface area contributed by atoms with E-state index in [4.69, 9.17) is 4.74 Å². The van der Waals surface area contributed by atoms with Crippen molar-refractivity contribution in [2.75, 3.05) is 30.8 Å². The number of anilines is 1. The van der Waals surface area contributed by atoms with Gasteiger partial charge >= 0.3 is 5.97 Å². The molecule has 1 aliphatic heterocycles. The van der Waals surface area contributed by atoms with Crippen LogP contribution in [0.3, 0.4) is 0 Å². The van der Waals surface area contributed by atoms with Gasteiger partial charge < -0.3 is 15.4 Å². The lowest BCUT2D eigenvalue weighted by molar-refractivity contribution is -0.126. The highest BCUT2D eigenvalue weighted by atomic mass is 32.2. The Balaban J connectivity index is 1.74. The average Bonchev–Trinajstić information content (AvgIpc) is 2.91. The number of hydrogen-bond acceptors (Lipinski definition) is 7. The van der Waals surface area contributed by atoms with E-state index in [2.05, 4.69) is 10.6 Å². The normalized spacial score (nSPS) is 13.5. The number of amides is 4. The maximum absolute atomic E-state index is 11.9. The molecule has 1 saturated heterocycles. The zero-order valence-corrected chi connectivity index (χ0v) is 14.8. The molecule has 1 aromatic rings. The lowest BCUT2D eigenvalue weighted by Crippen LogP contribution is -2.38. The van der Waals surface area contributed by atoms with E-state index in [0.29, 0.717) is 5.69 Å². The standard InChI is InChI=1S/C16H17N3O6S/c1-10(20)18-12-4-2-3-11(7-12)15(23)25-8-13(21)17-5-6-19-14(22)9-26-16(19)24/h2-4,7H,5-6,8-9H2,1H3,(H,17,21)(H,18,20). The van der Waals surface area contributed by atoms with E-state index >= 15 is 0 Å². The summed E-state index contributed by atoms with van der Waals surface area (Å²) in [4.78, 5) is 58.5. The van der Waals surface area contributed by atoms with Gasteiger partial charge in [0.2, 0.25) is 11.8 Å². The number of imide groups is 1. The van der Waals surface area contributed by atoms with Crippen LogP contribution in [0.4, 0.5) is 10.5 Å². The lowest BCUT2D eigenvalue weighted by Gasteiger charge is -2.13. The van der Waals surface area contributed by atoms with Gasteiger partial charge in [-0.1, -0.05) is 17.8 Å². The van der Waals surface area contributed by atoms with Crippen molar-refractivity contribution in [3.63, 3.8) is 0 Å². The molecule has 10 heteroatoms. The average molecular weight is 379 g/mol. The molecule has 4 amide bonds. The summed E-state index contributed by atoms with van der Waals surface area (Å²) in [5, 5.41) is 4.67. The molecule has 0 bridgehead atoms. The quantitative estimate of drug-likeness (QED) is 0.666. The van der Waals surface area contributed by atoms with Crippen molar-refractivity contribution in [1.29, 1.82) is 0 Å². The molecule has 2 rings (SSSR count). The van der Waals surface area contributed by atoms with Crippen LogP contribution in [0.1, 0.15) is 17.3 Å². The van der Waals surface area contributed by atoms with Gasteiger partial charge in [-0.15, -0.1) is 0 Å². The fourth-order valence-electron chi connectivity index (χ4n) is 2.10. The van der Waals surface area contributed by atoms with Gasteiger partial charge in [-0.05, 0) is 18.2 Å². The second kappa shape index (κ2) is 8.99. The van der Waals surface area contributed by atoms with Crippen molar-refractivity contribution < 1.29 is 28.7 Å². The highest BCUT2D eigenvalue weighted by molar-refractivity contribution is 8.14. The van der Waals surface area contributed by atoms with E-state index in [1.807, 2.05) is 0 Å². The predicted octanol–water partition coefficient (Wildman–Crippen LogP) is 0.613. The summed E-state index contributed by atoms with van der Waals surface area (Å²) < 4.78 is 4.90. The minimum atomic E-state index is -0.714. The highest BCUT2D eigenvalue weighted by Crippen LogP contribution is 2.17. The fourth-order valence-corrected chi connectivity index (χ4v) is 2.85. The van der Waals surface area contributed by atoms with Gasteiger partial charge in [0.05, 0.1) is 11.3 Å². The SMILES string of the molecule is CC(=O)Nc1cccc(C(=O)OCC(=O)NCCN2C(=O)CSC2=O)c1. The van der Waals surface area contributed by atoms with Crippen molar-refractivity contribution in [3.05, 3.63) is 29.8 Å². The fraction of sp³-hybridized carbons (Fsp3) is 0.312. The Morgan fingerprint density at radius 1 is 1.27 bits per heavy atom. The number of carbonyl (C=O) groups is 5.